The summed E-state index contributed by atoms with van der Waals surface area (Å²) < 4.78 is 0. The van der Waals surface area contributed by atoms with E-state index in [1.165, 1.54) is 0 Å². The second kappa shape index (κ2) is 11.6. The van der Waals surface area contributed by atoms with Gasteiger partial charge in [-0.3, -0.25) is 14.4 Å². The van der Waals surface area contributed by atoms with Gasteiger partial charge in [0.25, 0.3) is 5.91 Å². The van der Waals surface area contributed by atoms with Crippen LogP contribution in [0.1, 0.15) is 49.5 Å². The zero-order valence-electron chi connectivity index (χ0n) is 16.8. The van der Waals surface area contributed by atoms with Gasteiger partial charge in [-0.25, -0.2) is 0 Å². The van der Waals surface area contributed by atoms with Crippen molar-refractivity contribution in [3.63, 3.8) is 0 Å². The van der Waals surface area contributed by atoms with E-state index in [-0.39, 0.29) is 23.8 Å². The fourth-order valence-corrected chi connectivity index (χ4v) is 2.85. The average Bonchev–Trinajstić information content (AvgIpc) is 2.64. The number of carbonyl (C=O) groups excluding carboxylic acids is 3. The SMILES string of the molecule is CCC(C)NC(=O)C(C)NC(=O)C(CCSC)NC(=O)c1cccc(C)c1. The summed E-state index contributed by atoms with van der Waals surface area (Å²) in [6.45, 7) is 7.44. The van der Waals surface area contributed by atoms with Crippen LogP contribution in [0.15, 0.2) is 24.3 Å². The summed E-state index contributed by atoms with van der Waals surface area (Å²) in [5, 5.41) is 8.35. The number of benzene rings is 1. The van der Waals surface area contributed by atoms with Gasteiger partial charge in [-0.15, -0.1) is 0 Å². The van der Waals surface area contributed by atoms with Crippen LogP contribution in [0.3, 0.4) is 0 Å². The first-order valence-electron chi connectivity index (χ1n) is 9.25. The summed E-state index contributed by atoms with van der Waals surface area (Å²) >= 11 is 1.60. The van der Waals surface area contributed by atoms with E-state index in [0.29, 0.717) is 12.0 Å². The van der Waals surface area contributed by atoms with Crippen LogP contribution in [0.4, 0.5) is 0 Å². The molecule has 0 heterocycles. The number of nitrogens with one attached hydrogen (secondary N) is 3. The molecule has 1 rings (SSSR count). The third-order valence-corrected chi connectivity index (χ3v) is 4.91. The standard InChI is InChI=1S/C20H31N3O3S/c1-6-14(3)21-18(24)15(4)22-20(26)17(10-11-27-5)23-19(25)16-9-7-8-13(2)12-16/h7-9,12,14-15,17H,6,10-11H2,1-5H3,(H,21,24)(H,22,26)(H,23,25). The van der Waals surface area contributed by atoms with E-state index in [1.807, 2.05) is 39.2 Å². The summed E-state index contributed by atoms with van der Waals surface area (Å²) in [6.07, 6.45) is 3.25. The molecule has 0 aromatic heterocycles. The molecule has 3 N–H and O–H groups in total. The first-order chi connectivity index (χ1) is 12.8. The highest BCUT2D eigenvalue weighted by molar-refractivity contribution is 7.98. The van der Waals surface area contributed by atoms with Crippen LogP contribution < -0.4 is 16.0 Å². The molecular weight excluding hydrogens is 362 g/mol. The molecule has 1 aromatic rings. The van der Waals surface area contributed by atoms with Gasteiger partial charge in [0.2, 0.25) is 11.8 Å². The molecule has 3 amide bonds. The molecule has 7 heteroatoms. The number of aryl methyl sites for hydroxylation is 1. The number of hydrogen-bond acceptors (Lipinski definition) is 4. The van der Waals surface area contributed by atoms with Gasteiger partial charge in [-0.05, 0) is 57.8 Å². The maximum atomic E-state index is 12.6. The summed E-state index contributed by atoms with van der Waals surface area (Å²) in [5.74, 6) is -0.153. The monoisotopic (exact) mass is 393 g/mol. The van der Waals surface area contributed by atoms with Crippen LogP contribution >= 0.6 is 11.8 Å². The molecule has 3 atom stereocenters. The number of thioether (sulfide) groups is 1. The third-order valence-electron chi connectivity index (χ3n) is 4.27. The van der Waals surface area contributed by atoms with Crippen molar-refractivity contribution in [2.75, 3.05) is 12.0 Å². The molecule has 6 nitrogen and oxygen atoms in total. The first kappa shape index (κ1) is 23.0. The van der Waals surface area contributed by atoms with E-state index in [9.17, 15) is 14.4 Å². The van der Waals surface area contributed by atoms with E-state index in [0.717, 1.165) is 17.7 Å². The average molecular weight is 394 g/mol. The van der Waals surface area contributed by atoms with Crippen LogP contribution in [-0.2, 0) is 9.59 Å². The fraction of sp³-hybridized carbons (Fsp3) is 0.550. The lowest BCUT2D eigenvalue weighted by molar-refractivity contribution is -0.129. The van der Waals surface area contributed by atoms with Gasteiger partial charge in [0.05, 0.1) is 0 Å². The molecule has 1 aromatic carbocycles. The van der Waals surface area contributed by atoms with Gasteiger partial charge in [0.15, 0.2) is 0 Å². The second-order valence-corrected chi connectivity index (χ2v) is 7.71. The molecular formula is C20H31N3O3S. The molecule has 0 fully saturated rings. The molecule has 0 aliphatic carbocycles. The van der Waals surface area contributed by atoms with Crippen LogP contribution in [0.5, 0.6) is 0 Å². The van der Waals surface area contributed by atoms with Crippen molar-refractivity contribution in [1.82, 2.24) is 16.0 Å². The lowest BCUT2D eigenvalue weighted by Gasteiger charge is -2.22. The van der Waals surface area contributed by atoms with Crippen molar-refractivity contribution in [1.29, 1.82) is 0 Å². The van der Waals surface area contributed by atoms with Crippen molar-refractivity contribution in [3.8, 4) is 0 Å². The topological polar surface area (TPSA) is 87.3 Å². The van der Waals surface area contributed by atoms with E-state index >= 15 is 0 Å². The Balaban J connectivity index is 2.75. The summed E-state index contributed by atoms with van der Waals surface area (Å²) in [4.78, 5) is 37.3. The predicted molar refractivity (Wildman–Crippen MR) is 111 cm³/mol. The molecule has 27 heavy (non-hydrogen) atoms. The fourth-order valence-electron chi connectivity index (χ4n) is 2.38. The van der Waals surface area contributed by atoms with Crippen molar-refractivity contribution < 1.29 is 14.4 Å². The lowest BCUT2D eigenvalue weighted by Crippen LogP contribution is -2.53. The molecule has 0 spiro atoms. The first-order valence-corrected chi connectivity index (χ1v) is 10.6. The van der Waals surface area contributed by atoms with Crippen molar-refractivity contribution in [2.45, 2.75) is 58.7 Å². The summed E-state index contributed by atoms with van der Waals surface area (Å²) in [6, 6.07) is 5.90. The molecule has 0 radical (unpaired) electrons. The highest BCUT2D eigenvalue weighted by Crippen LogP contribution is 2.07. The normalized spacial score (nSPS) is 14.0. The summed E-state index contributed by atoms with van der Waals surface area (Å²) in [7, 11) is 0. The Morgan fingerprint density at radius 3 is 2.37 bits per heavy atom. The van der Waals surface area contributed by atoms with Gasteiger partial charge in [-0.2, -0.15) is 11.8 Å². The van der Waals surface area contributed by atoms with Gasteiger partial charge in [-0.1, -0.05) is 24.6 Å². The number of amides is 3. The van der Waals surface area contributed by atoms with E-state index in [1.54, 1.807) is 30.8 Å². The van der Waals surface area contributed by atoms with Crippen LogP contribution in [0, 0.1) is 6.92 Å². The molecule has 0 saturated carbocycles. The quantitative estimate of drug-likeness (QED) is 0.569. The minimum atomic E-state index is -0.690. The van der Waals surface area contributed by atoms with E-state index in [2.05, 4.69) is 16.0 Å². The van der Waals surface area contributed by atoms with Gasteiger partial charge in [0.1, 0.15) is 12.1 Å². The number of carbonyl (C=O) groups is 3. The van der Waals surface area contributed by atoms with Crippen LogP contribution in [0.25, 0.3) is 0 Å². The molecule has 150 valence electrons. The van der Waals surface area contributed by atoms with Crippen LogP contribution in [0.2, 0.25) is 0 Å². The van der Waals surface area contributed by atoms with Crippen molar-refractivity contribution >= 4 is 29.5 Å². The van der Waals surface area contributed by atoms with Gasteiger partial charge < -0.3 is 16.0 Å². The lowest BCUT2D eigenvalue weighted by atomic mass is 10.1. The third kappa shape index (κ3) is 8.03. The molecule has 0 bridgehead atoms. The van der Waals surface area contributed by atoms with E-state index in [4.69, 9.17) is 0 Å². The van der Waals surface area contributed by atoms with Crippen molar-refractivity contribution in [3.05, 3.63) is 35.4 Å². The molecule has 3 unspecified atom stereocenters. The second-order valence-electron chi connectivity index (χ2n) is 6.73. The zero-order chi connectivity index (χ0) is 20.4. The van der Waals surface area contributed by atoms with Crippen LogP contribution in [-0.4, -0.2) is 47.9 Å². The van der Waals surface area contributed by atoms with Crippen molar-refractivity contribution in [2.24, 2.45) is 0 Å². The highest BCUT2D eigenvalue weighted by Gasteiger charge is 2.25. The number of hydrogen-bond donors (Lipinski definition) is 3. The van der Waals surface area contributed by atoms with E-state index < -0.39 is 12.1 Å². The maximum Gasteiger partial charge on any atom is 0.251 e. The summed E-state index contributed by atoms with van der Waals surface area (Å²) in [5.41, 5.74) is 1.49. The highest BCUT2D eigenvalue weighted by atomic mass is 32.2. The number of rotatable bonds is 10. The minimum absolute atomic E-state index is 0.0464. The maximum absolute atomic E-state index is 12.6. The predicted octanol–water partition coefficient (Wildman–Crippen LogP) is 2.27. The van der Waals surface area contributed by atoms with Gasteiger partial charge in [0, 0.05) is 11.6 Å². The molecule has 0 aliphatic rings. The Kier molecular flexibility index (Phi) is 9.93. The molecule has 0 aliphatic heterocycles. The smallest absolute Gasteiger partial charge is 0.251 e. The van der Waals surface area contributed by atoms with Gasteiger partial charge >= 0.3 is 0 Å². The molecule has 0 saturated heterocycles. The largest absolute Gasteiger partial charge is 0.352 e. The Morgan fingerprint density at radius 1 is 1.07 bits per heavy atom. The Hall–Kier alpha value is -2.02. The zero-order valence-corrected chi connectivity index (χ0v) is 17.6. The Morgan fingerprint density at radius 2 is 1.78 bits per heavy atom. The Bertz CT molecular complexity index is 651. The minimum Gasteiger partial charge on any atom is -0.352 e. The Labute approximate surface area is 166 Å².